The summed E-state index contributed by atoms with van der Waals surface area (Å²) in [7, 11) is -5.76. The zero-order valence-electron chi connectivity index (χ0n) is 8.74. The van der Waals surface area contributed by atoms with Crippen molar-refractivity contribution in [2.45, 2.75) is 42.8 Å². The Labute approximate surface area is 120 Å². The molecule has 0 saturated carbocycles. The molecular weight excluding hydrogens is 323 g/mol. The molecule has 0 spiro atoms. The molecule has 0 aliphatic rings. The van der Waals surface area contributed by atoms with Crippen molar-refractivity contribution in [2.24, 2.45) is 0 Å². The van der Waals surface area contributed by atoms with Gasteiger partial charge >= 0.3 is 29.0 Å². The van der Waals surface area contributed by atoms with Crippen molar-refractivity contribution in [3.05, 3.63) is 0 Å². The van der Waals surface area contributed by atoms with Crippen LogP contribution in [-0.2, 0) is 10.1 Å². The molecule has 6 unspecified atom stereocenters. The fourth-order valence-corrected chi connectivity index (χ4v) is 1.45. The summed E-state index contributed by atoms with van der Waals surface area (Å²) >= 11 is 0. The third kappa shape index (κ3) is 5.75. The number of alkyl halides is 8. The fraction of sp³-hybridized carbons (Fsp3) is 1.00. The summed E-state index contributed by atoms with van der Waals surface area (Å²) in [6.45, 7) is 0. The molecule has 0 heterocycles. The van der Waals surface area contributed by atoms with Gasteiger partial charge in [-0.1, -0.05) is 0 Å². The van der Waals surface area contributed by atoms with Gasteiger partial charge in [0.2, 0.25) is 0 Å². The predicted octanol–water partition coefficient (Wildman–Crippen LogP) is 1.48. The molecule has 3 nitrogen and oxygen atoms in total. The van der Waals surface area contributed by atoms with Crippen LogP contribution in [0.4, 0.5) is 35.1 Å². The standard InChI is InChI=1S/C7H8F8O3S.Li.H/c8-1(2(9)4(11)6(13)14)3(10)5(12)7(15)19(16,17)18;;/h1-7H,(H,16,17,18);;. The minimum absolute atomic E-state index is 0. The molecule has 0 aromatic rings. The van der Waals surface area contributed by atoms with Gasteiger partial charge in [0.1, 0.15) is 0 Å². The van der Waals surface area contributed by atoms with Gasteiger partial charge in [-0.3, -0.25) is 4.55 Å². The van der Waals surface area contributed by atoms with E-state index in [9.17, 15) is 43.5 Å². The summed E-state index contributed by atoms with van der Waals surface area (Å²) in [5.41, 5.74) is -3.96. The Balaban J connectivity index is 0. The Bertz CT molecular complexity index is 382. The molecular formula is C7H9F8LiO3S. The van der Waals surface area contributed by atoms with Crippen molar-refractivity contribution >= 4 is 29.0 Å². The van der Waals surface area contributed by atoms with E-state index in [1.165, 1.54) is 0 Å². The SMILES string of the molecule is O=S(=O)(O)C(F)C(F)C(F)C(F)C(F)C(F)C(F)F.[LiH]. The molecule has 0 aliphatic carbocycles. The Morgan fingerprint density at radius 2 is 0.950 bits per heavy atom. The van der Waals surface area contributed by atoms with E-state index >= 15 is 0 Å². The number of hydrogen-bond donors (Lipinski definition) is 1. The van der Waals surface area contributed by atoms with Crippen LogP contribution in [0.3, 0.4) is 0 Å². The first-order valence-corrected chi connectivity index (χ1v) is 6.00. The Kier molecular flexibility index (Phi) is 9.34. The number of rotatable bonds is 7. The minimum atomic E-state index is -5.76. The van der Waals surface area contributed by atoms with Gasteiger partial charge in [0.05, 0.1) is 0 Å². The van der Waals surface area contributed by atoms with Crippen LogP contribution in [0, 0.1) is 0 Å². The van der Waals surface area contributed by atoms with Crippen LogP contribution < -0.4 is 0 Å². The first-order valence-electron chi connectivity index (χ1n) is 4.50. The van der Waals surface area contributed by atoms with E-state index in [0.29, 0.717) is 0 Å². The second-order valence-corrected chi connectivity index (χ2v) is 4.90. The maximum atomic E-state index is 12.8. The van der Waals surface area contributed by atoms with Crippen molar-refractivity contribution in [1.82, 2.24) is 0 Å². The van der Waals surface area contributed by atoms with Crippen molar-refractivity contribution in [1.29, 1.82) is 0 Å². The van der Waals surface area contributed by atoms with Gasteiger partial charge in [0.25, 0.3) is 11.9 Å². The van der Waals surface area contributed by atoms with Crippen LogP contribution in [-0.4, -0.2) is 74.6 Å². The summed E-state index contributed by atoms with van der Waals surface area (Å²) in [5, 5.41) is 0. The molecule has 0 bridgehead atoms. The van der Waals surface area contributed by atoms with E-state index in [0.717, 1.165) is 0 Å². The quantitative estimate of drug-likeness (QED) is 0.436. The Hall–Kier alpha value is -0.0526. The van der Waals surface area contributed by atoms with Gasteiger partial charge in [-0.25, -0.2) is 35.1 Å². The zero-order valence-corrected chi connectivity index (χ0v) is 9.55. The molecule has 0 amide bonds. The Morgan fingerprint density at radius 3 is 1.25 bits per heavy atom. The van der Waals surface area contributed by atoms with E-state index in [2.05, 4.69) is 0 Å². The third-order valence-corrected chi connectivity index (χ3v) is 2.82. The molecule has 0 rings (SSSR count). The van der Waals surface area contributed by atoms with E-state index in [1.54, 1.807) is 0 Å². The van der Waals surface area contributed by atoms with Gasteiger partial charge in [-0.05, 0) is 0 Å². The summed E-state index contributed by atoms with van der Waals surface area (Å²) in [5.74, 6) is 0. The van der Waals surface area contributed by atoms with Gasteiger partial charge in [-0.2, -0.15) is 8.42 Å². The van der Waals surface area contributed by atoms with E-state index in [4.69, 9.17) is 4.55 Å². The molecule has 0 saturated heterocycles. The molecule has 0 aromatic heterocycles. The number of halogens is 8. The average Bonchev–Trinajstić information content (AvgIpc) is 2.31. The van der Waals surface area contributed by atoms with Crippen LogP contribution in [0.2, 0.25) is 0 Å². The Morgan fingerprint density at radius 1 is 0.650 bits per heavy atom. The summed E-state index contributed by atoms with van der Waals surface area (Å²) in [4.78, 5) is 0. The van der Waals surface area contributed by atoms with Crippen LogP contribution >= 0.6 is 0 Å². The maximum absolute atomic E-state index is 12.8. The first-order chi connectivity index (χ1) is 8.41. The molecule has 0 aliphatic heterocycles. The van der Waals surface area contributed by atoms with E-state index < -0.39 is 52.9 Å². The van der Waals surface area contributed by atoms with Gasteiger partial charge in [0.15, 0.2) is 30.9 Å². The molecule has 13 heteroatoms. The van der Waals surface area contributed by atoms with Crippen molar-refractivity contribution in [3.8, 4) is 0 Å². The predicted molar refractivity (Wildman–Crippen MR) is 54.1 cm³/mol. The van der Waals surface area contributed by atoms with Gasteiger partial charge in [0, 0.05) is 0 Å². The van der Waals surface area contributed by atoms with Crippen LogP contribution in [0.15, 0.2) is 0 Å². The monoisotopic (exact) mass is 332 g/mol. The third-order valence-electron chi connectivity index (χ3n) is 1.99. The summed E-state index contributed by atoms with van der Waals surface area (Å²) in [6, 6.07) is 0. The summed E-state index contributed by atoms with van der Waals surface area (Å²) < 4.78 is 127. The molecule has 20 heavy (non-hydrogen) atoms. The van der Waals surface area contributed by atoms with Gasteiger partial charge < -0.3 is 0 Å². The van der Waals surface area contributed by atoms with Crippen molar-refractivity contribution < 1.29 is 48.1 Å². The molecule has 0 fully saturated rings. The molecule has 118 valence electrons. The average molecular weight is 332 g/mol. The van der Waals surface area contributed by atoms with Crippen LogP contribution in [0.25, 0.3) is 0 Å². The van der Waals surface area contributed by atoms with Crippen molar-refractivity contribution in [2.75, 3.05) is 0 Å². The van der Waals surface area contributed by atoms with Gasteiger partial charge in [-0.15, -0.1) is 0 Å². The van der Waals surface area contributed by atoms with Crippen LogP contribution in [0.1, 0.15) is 0 Å². The zero-order chi connectivity index (χ0) is 15.5. The van der Waals surface area contributed by atoms with E-state index in [1.807, 2.05) is 0 Å². The van der Waals surface area contributed by atoms with Crippen LogP contribution in [0.5, 0.6) is 0 Å². The summed E-state index contributed by atoms with van der Waals surface area (Å²) in [6.07, 6.45) is -23.4. The van der Waals surface area contributed by atoms with Crippen molar-refractivity contribution in [3.63, 3.8) is 0 Å². The second-order valence-electron chi connectivity index (χ2n) is 3.42. The molecule has 6 atom stereocenters. The van der Waals surface area contributed by atoms with E-state index in [-0.39, 0.29) is 18.9 Å². The number of hydrogen-bond acceptors (Lipinski definition) is 2. The fourth-order valence-electron chi connectivity index (χ4n) is 0.975. The molecule has 0 aromatic carbocycles. The molecule has 0 radical (unpaired) electrons. The first kappa shape index (κ1) is 22.2. The topological polar surface area (TPSA) is 54.4 Å². The normalized spacial score (nSPS) is 21.5. The second kappa shape index (κ2) is 8.40. The molecule has 1 N–H and O–H groups in total.